The summed E-state index contributed by atoms with van der Waals surface area (Å²) in [4.78, 5) is 26.3. The summed E-state index contributed by atoms with van der Waals surface area (Å²) < 4.78 is 50.8. The minimum absolute atomic E-state index is 0.110. The molecule has 3 aromatic carbocycles. The van der Waals surface area contributed by atoms with Gasteiger partial charge in [-0.2, -0.15) is 13.2 Å². The highest BCUT2D eigenvalue weighted by molar-refractivity contribution is 6.30. The summed E-state index contributed by atoms with van der Waals surface area (Å²) in [6, 6.07) is 22.4. The molecular formula is C37H44Cl2F3NO4. The number of esters is 1. The quantitative estimate of drug-likeness (QED) is 0.110. The molecule has 0 amide bonds. The van der Waals surface area contributed by atoms with Gasteiger partial charge in [0.1, 0.15) is 11.4 Å². The van der Waals surface area contributed by atoms with Crippen LogP contribution in [0.3, 0.4) is 0 Å². The normalized spacial score (nSPS) is 13.0. The zero-order valence-electron chi connectivity index (χ0n) is 27.6. The van der Waals surface area contributed by atoms with E-state index >= 15 is 0 Å². The highest BCUT2D eigenvalue weighted by atomic mass is 35.5. The first-order valence-corrected chi connectivity index (χ1v) is 16.6. The molecule has 10 heteroatoms. The largest absolute Gasteiger partial charge is 0.482 e. The van der Waals surface area contributed by atoms with Crippen molar-refractivity contribution in [2.24, 2.45) is 0 Å². The molecule has 3 rings (SSSR count). The molecule has 0 aliphatic heterocycles. The number of alkyl halides is 3. The molecule has 0 bridgehead atoms. The minimum Gasteiger partial charge on any atom is -0.482 e. The first kappa shape index (κ1) is 38.4. The predicted molar refractivity (Wildman–Crippen MR) is 181 cm³/mol. The Morgan fingerprint density at radius 3 is 1.79 bits per heavy atom. The van der Waals surface area contributed by atoms with Crippen molar-refractivity contribution in [1.82, 2.24) is 4.90 Å². The Morgan fingerprint density at radius 1 is 0.766 bits per heavy atom. The first-order chi connectivity index (χ1) is 22.0. The van der Waals surface area contributed by atoms with E-state index in [1.807, 2.05) is 60.7 Å². The molecule has 0 saturated heterocycles. The number of ketones is 1. The second-order valence-electron chi connectivity index (χ2n) is 12.9. The van der Waals surface area contributed by atoms with Gasteiger partial charge in [0.25, 0.3) is 5.78 Å². The number of halogens is 5. The standard InChI is InChI=1S/C37H44Cl2F3NO4/c1-35(2,3)47-33(44)12-8-6-7-11-32(34(45)37(40,41)42)46-31-23-13-26(14-24-31)10-9-25-43(5)36(4,27-15-19-29(38)20-16-27)28-17-21-30(39)22-18-28/h13-24,32H,6-12,25H2,1-5H3. The van der Waals surface area contributed by atoms with Gasteiger partial charge in [-0.3, -0.25) is 14.5 Å². The fourth-order valence-electron chi connectivity index (χ4n) is 5.39. The van der Waals surface area contributed by atoms with Gasteiger partial charge in [-0.1, -0.05) is 66.0 Å². The van der Waals surface area contributed by atoms with Crippen LogP contribution in [0.1, 0.15) is 82.9 Å². The molecule has 1 unspecified atom stereocenters. The lowest BCUT2D eigenvalue weighted by molar-refractivity contribution is -0.178. The van der Waals surface area contributed by atoms with Gasteiger partial charge < -0.3 is 9.47 Å². The lowest BCUT2D eigenvalue weighted by atomic mass is 9.83. The molecule has 256 valence electrons. The number of aryl methyl sites for hydroxylation is 1. The topological polar surface area (TPSA) is 55.8 Å². The lowest BCUT2D eigenvalue weighted by Crippen LogP contribution is -2.42. The van der Waals surface area contributed by atoms with E-state index in [-0.39, 0.29) is 24.6 Å². The van der Waals surface area contributed by atoms with Gasteiger partial charge in [0.2, 0.25) is 0 Å². The Kier molecular flexibility index (Phi) is 13.8. The van der Waals surface area contributed by atoms with Crippen LogP contribution < -0.4 is 4.74 Å². The number of nitrogens with zero attached hydrogens (tertiary/aromatic N) is 1. The fourth-order valence-corrected chi connectivity index (χ4v) is 5.65. The summed E-state index contributed by atoms with van der Waals surface area (Å²) in [7, 11) is 2.06. The zero-order valence-corrected chi connectivity index (χ0v) is 29.1. The minimum atomic E-state index is -5.01. The Labute approximate surface area is 286 Å². The van der Waals surface area contributed by atoms with Gasteiger partial charge in [0.05, 0.1) is 5.54 Å². The molecule has 47 heavy (non-hydrogen) atoms. The highest BCUT2D eigenvalue weighted by Crippen LogP contribution is 2.36. The van der Waals surface area contributed by atoms with E-state index in [2.05, 4.69) is 18.9 Å². The van der Waals surface area contributed by atoms with Gasteiger partial charge in [-0.25, -0.2) is 0 Å². The second kappa shape index (κ2) is 16.8. The van der Waals surface area contributed by atoms with Crippen molar-refractivity contribution in [3.8, 4) is 5.75 Å². The molecule has 3 aromatic rings. The maximum Gasteiger partial charge on any atom is 0.453 e. The van der Waals surface area contributed by atoms with Gasteiger partial charge in [0, 0.05) is 16.5 Å². The molecule has 0 aromatic heterocycles. The maximum absolute atomic E-state index is 13.3. The van der Waals surface area contributed by atoms with Crippen LogP contribution in [0.15, 0.2) is 72.8 Å². The molecule has 0 radical (unpaired) electrons. The molecule has 0 aliphatic rings. The number of rotatable bonds is 16. The number of ether oxygens (including phenoxy) is 2. The number of Topliss-reactive ketones (excluding diaryl/α,β-unsaturated/α-hetero) is 1. The van der Waals surface area contributed by atoms with Crippen LogP contribution in [0.4, 0.5) is 13.2 Å². The molecule has 0 fully saturated rings. The molecule has 0 N–H and O–H groups in total. The van der Waals surface area contributed by atoms with Crippen LogP contribution in [0.25, 0.3) is 0 Å². The first-order valence-electron chi connectivity index (χ1n) is 15.8. The van der Waals surface area contributed by atoms with Crippen molar-refractivity contribution < 1.29 is 32.2 Å². The smallest absolute Gasteiger partial charge is 0.453 e. The molecule has 5 nitrogen and oxygen atoms in total. The Bertz CT molecular complexity index is 1390. The van der Waals surface area contributed by atoms with Crippen LogP contribution in [-0.2, 0) is 26.3 Å². The van der Waals surface area contributed by atoms with Gasteiger partial charge in [-0.15, -0.1) is 0 Å². The van der Waals surface area contributed by atoms with Crippen LogP contribution >= 0.6 is 23.2 Å². The van der Waals surface area contributed by atoms with Crippen molar-refractivity contribution in [3.05, 3.63) is 99.5 Å². The van der Waals surface area contributed by atoms with E-state index in [0.717, 1.165) is 36.1 Å². The Hall–Kier alpha value is -3.07. The number of hydrogen-bond acceptors (Lipinski definition) is 5. The average molecular weight is 695 g/mol. The Morgan fingerprint density at radius 2 is 1.30 bits per heavy atom. The van der Waals surface area contributed by atoms with E-state index < -0.39 is 29.2 Å². The predicted octanol–water partition coefficient (Wildman–Crippen LogP) is 9.99. The number of hydrogen-bond donors (Lipinski definition) is 0. The zero-order chi connectivity index (χ0) is 34.8. The molecular weight excluding hydrogens is 650 g/mol. The van der Waals surface area contributed by atoms with Gasteiger partial charge in [-0.05, 0) is 126 Å². The summed E-state index contributed by atoms with van der Waals surface area (Å²) in [6.07, 6.45) is -3.87. The number of carbonyl (C=O) groups is 2. The summed E-state index contributed by atoms with van der Waals surface area (Å²) >= 11 is 12.3. The summed E-state index contributed by atoms with van der Waals surface area (Å²) in [6.45, 7) is 8.21. The van der Waals surface area contributed by atoms with Crippen LogP contribution in [0.5, 0.6) is 5.75 Å². The molecule has 0 spiro atoms. The van der Waals surface area contributed by atoms with Crippen molar-refractivity contribution in [2.75, 3.05) is 13.6 Å². The van der Waals surface area contributed by atoms with E-state index in [0.29, 0.717) is 29.3 Å². The van der Waals surface area contributed by atoms with Crippen LogP contribution in [-0.4, -0.2) is 48.1 Å². The number of unbranched alkanes of at least 4 members (excludes halogenated alkanes) is 2. The van der Waals surface area contributed by atoms with Gasteiger partial charge in [0.15, 0.2) is 6.10 Å². The van der Waals surface area contributed by atoms with Crippen molar-refractivity contribution >= 4 is 35.0 Å². The van der Waals surface area contributed by atoms with Crippen LogP contribution in [0, 0.1) is 0 Å². The third kappa shape index (κ3) is 11.8. The summed E-state index contributed by atoms with van der Waals surface area (Å²) in [5, 5.41) is 1.32. The molecule has 0 saturated carbocycles. The monoisotopic (exact) mass is 693 g/mol. The van der Waals surface area contributed by atoms with E-state index in [1.54, 1.807) is 32.9 Å². The molecule has 0 heterocycles. The fraction of sp³-hybridized carbons (Fsp3) is 0.459. The van der Waals surface area contributed by atoms with Crippen molar-refractivity contribution in [1.29, 1.82) is 0 Å². The number of benzene rings is 3. The maximum atomic E-state index is 13.3. The van der Waals surface area contributed by atoms with Crippen LogP contribution in [0.2, 0.25) is 10.0 Å². The summed E-state index contributed by atoms with van der Waals surface area (Å²) in [5.74, 6) is -2.08. The lowest BCUT2D eigenvalue weighted by Gasteiger charge is -2.40. The number of carbonyl (C=O) groups excluding carboxylic acids is 2. The van der Waals surface area contributed by atoms with E-state index in [1.165, 1.54) is 0 Å². The molecule has 0 aliphatic carbocycles. The van der Waals surface area contributed by atoms with Crippen molar-refractivity contribution in [3.63, 3.8) is 0 Å². The SMILES string of the molecule is CN(CCCc1ccc(OC(CCCCCC(=O)OC(C)(C)C)C(=O)C(F)(F)F)cc1)C(C)(c1ccc(Cl)cc1)c1ccc(Cl)cc1. The highest BCUT2D eigenvalue weighted by Gasteiger charge is 2.44. The third-order valence-corrected chi connectivity index (χ3v) is 8.58. The molecule has 1 atom stereocenters. The average Bonchev–Trinajstić information content (AvgIpc) is 2.99. The third-order valence-electron chi connectivity index (χ3n) is 8.08. The van der Waals surface area contributed by atoms with E-state index in [9.17, 15) is 22.8 Å². The Balaban J connectivity index is 1.59. The van der Waals surface area contributed by atoms with Crippen molar-refractivity contribution in [2.45, 2.75) is 96.1 Å². The van der Waals surface area contributed by atoms with E-state index in [4.69, 9.17) is 32.7 Å². The second-order valence-corrected chi connectivity index (χ2v) is 13.8. The summed E-state index contributed by atoms with van der Waals surface area (Å²) in [5.41, 5.74) is 2.10. The van der Waals surface area contributed by atoms with Gasteiger partial charge >= 0.3 is 12.1 Å².